The predicted octanol–water partition coefficient (Wildman–Crippen LogP) is 2.02. The van der Waals surface area contributed by atoms with Crippen molar-refractivity contribution in [2.45, 2.75) is 46.1 Å². The molecule has 0 bridgehead atoms. The first-order valence-corrected chi connectivity index (χ1v) is 10.9. The molecule has 2 aromatic carbocycles. The van der Waals surface area contributed by atoms with Gasteiger partial charge in [0.05, 0.1) is 13.2 Å². The number of fused-ring (bicyclic) bond motifs is 1. The minimum Gasteiger partial charge on any atom is -1.00 e. The van der Waals surface area contributed by atoms with E-state index in [2.05, 4.69) is 82.7 Å². The molecule has 0 amide bonds. The number of halogens is 1. The topological polar surface area (TPSA) is 21.3 Å². The van der Waals surface area contributed by atoms with Crippen LogP contribution in [0, 0.1) is 0 Å². The van der Waals surface area contributed by atoms with Gasteiger partial charge in [0.25, 0.3) is 5.82 Å². The lowest BCUT2D eigenvalue weighted by molar-refractivity contribution is -0.692. The van der Waals surface area contributed by atoms with Crippen LogP contribution in [0.1, 0.15) is 38.9 Å². The molecule has 4 nitrogen and oxygen atoms in total. The minimum absolute atomic E-state index is 0. The van der Waals surface area contributed by atoms with Gasteiger partial charge in [-0.1, -0.05) is 0 Å². The van der Waals surface area contributed by atoms with Crippen molar-refractivity contribution in [3.8, 4) is 22.7 Å². The van der Waals surface area contributed by atoms with Crippen molar-refractivity contribution >= 4 is 5.69 Å². The Kier molecular flexibility index (Phi) is 7.59. The van der Waals surface area contributed by atoms with Gasteiger partial charge in [-0.2, -0.15) is 4.57 Å². The number of hydrogen-bond acceptors (Lipinski definition) is 2. The second kappa shape index (κ2) is 10.2. The van der Waals surface area contributed by atoms with Gasteiger partial charge in [-0.25, -0.2) is 4.57 Å². The lowest BCUT2D eigenvalue weighted by Gasteiger charge is -2.16. The molecular weight excluding hydrogens is 438 g/mol. The van der Waals surface area contributed by atoms with Gasteiger partial charge in [0.2, 0.25) is 0 Å². The lowest BCUT2D eigenvalue weighted by Crippen LogP contribution is -3.00. The monoisotopic (exact) mass is 469 g/mol. The first-order valence-electron chi connectivity index (χ1n) is 10.9. The van der Waals surface area contributed by atoms with Crippen molar-refractivity contribution in [3.05, 3.63) is 60.6 Å². The van der Waals surface area contributed by atoms with E-state index in [1.54, 1.807) is 0 Å². The second-order valence-electron chi connectivity index (χ2n) is 7.75. The summed E-state index contributed by atoms with van der Waals surface area (Å²) in [4.78, 5) is 2.27. The van der Waals surface area contributed by atoms with Gasteiger partial charge in [-0.05, 0) is 81.6 Å². The molecule has 1 aliphatic heterocycles. The fourth-order valence-electron chi connectivity index (χ4n) is 4.16. The quantitative estimate of drug-likeness (QED) is 0.515. The lowest BCUT2D eigenvalue weighted by atomic mass is 10.1. The van der Waals surface area contributed by atoms with Crippen LogP contribution in [0.4, 0.5) is 5.69 Å². The van der Waals surface area contributed by atoms with Crippen LogP contribution in [0.3, 0.4) is 0 Å². The van der Waals surface area contributed by atoms with E-state index in [0.717, 1.165) is 25.3 Å². The van der Waals surface area contributed by atoms with Crippen molar-refractivity contribution in [1.29, 1.82) is 0 Å². The average molecular weight is 470 g/mol. The van der Waals surface area contributed by atoms with Crippen molar-refractivity contribution in [2.75, 3.05) is 25.1 Å². The molecule has 1 aromatic heterocycles. The van der Waals surface area contributed by atoms with E-state index in [-0.39, 0.29) is 17.0 Å². The third-order valence-corrected chi connectivity index (χ3v) is 5.92. The Morgan fingerprint density at radius 1 is 0.967 bits per heavy atom. The van der Waals surface area contributed by atoms with Crippen molar-refractivity contribution in [1.82, 2.24) is 4.57 Å². The van der Waals surface area contributed by atoms with E-state index in [4.69, 9.17) is 4.74 Å². The van der Waals surface area contributed by atoms with Gasteiger partial charge >= 0.3 is 0 Å². The highest BCUT2D eigenvalue weighted by Crippen LogP contribution is 2.26. The van der Waals surface area contributed by atoms with Crippen LogP contribution in [0.2, 0.25) is 0 Å². The molecule has 0 spiro atoms. The van der Waals surface area contributed by atoms with E-state index in [1.807, 2.05) is 6.92 Å². The van der Waals surface area contributed by atoms with Crippen molar-refractivity contribution < 1.29 is 26.3 Å². The Labute approximate surface area is 190 Å². The summed E-state index contributed by atoms with van der Waals surface area (Å²) in [6.07, 6.45) is 7.22. The molecule has 1 aliphatic rings. The molecule has 0 aliphatic carbocycles. The maximum Gasteiger partial charge on any atom is 0.262 e. The Hall–Kier alpha value is -2.27. The summed E-state index contributed by atoms with van der Waals surface area (Å²) < 4.78 is 10.5. The van der Waals surface area contributed by atoms with Gasteiger partial charge in [-0.15, -0.1) is 0 Å². The molecule has 30 heavy (non-hydrogen) atoms. The van der Waals surface area contributed by atoms with Crippen LogP contribution in [0.5, 0.6) is 5.75 Å². The molecule has 3 aromatic rings. The summed E-state index contributed by atoms with van der Waals surface area (Å²) in [5, 5.41) is 0. The van der Waals surface area contributed by atoms with E-state index in [1.165, 1.54) is 47.7 Å². The van der Waals surface area contributed by atoms with Crippen LogP contribution >= 0.6 is 0 Å². The smallest absolute Gasteiger partial charge is 0.262 e. The van der Waals surface area contributed by atoms with Crippen LogP contribution in [0.25, 0.3) is 16.9 Å². The summed E-state index contributed by atoms with van der Waals surface area (Å²) >= 11 is 0. The van der Waals surface area contributed by atoms with Gasteiger partial charge in [-0.3, -0.25) is 0 Å². The van der Waals surface area contributed by atoms with Gasteiger partial charge in [0.1, 0.15) is 17.6 Å². The highest BCUT2D eigenvalue weighted by molar-refractivity contribution is 5.61. The molecule has 0 radical (unpaired) electrons. The predicted molar refractivity (Wildman–Crippen MR) is 119 cm³/mol. The standard InChI is InChI=1S/C25H32N3O.BrH/c1-4-26(3)21-12-10-20(11-13-21)24-19-28(25-9-7-6-8-18-27(24)25)22-14-16-23(17-15-22)29-5-2;/h10-17,19H,4-9,18H2,1-3H3;1H/q+1;/p-1. The Morgan fingerprint density at radius 3 is 2.37 bits per heavy atom. The third kappa shape index (κ3) is 4.56. The number of aromatic nitrogens is 2. The fourth-order valence-corrected chi connectivity index (χ4v) is 4.16. The zero-order valence-corrected chi connectivity index (χ0v) is 19.9. The summed E-state index contributed by atoms with van der Waals surface area (Å²) in [6.45, 7) is 7.00. The highest BCUT2D eigenvalue weighted by atomic mass is 79.9. The largest absolute Gasteiger partial charge is 1.00 e. The summed E-state index contributed by atoms with van der Waals surface area (Å²) in [5.74, 6) is 2.33. The minimum atomic E-state index is 0. The number of imidazole rings is 1. The van der Waals surface area contributed by atoms with Gasteiger partial charge in [0.15, 0.2) is 5.69 Å². The van der Waals surface area contributed by atoms with Gasteiger partial charge < -0.3 is 26.6 Å². The molecule has 0 fully saturated rings. The molecule has 0 N–H and O–H groups in total. The maximum absolute atomic E-state index is 5.63. The Bertz CT molecular complexity index is 948. The first kappa shape index (κ1) is 22.4. The molecule has 0 unspecified atom stereocenters. The molecule has 160 valence electrons. The molecule has 0 atom stereocenters. The number of anilines is 1. The summed E-state index contributed by atoms with van der Waals surface area (Å²) in [5.41, 5.74) is 5.05. The Morgan fingerprint density at radius 2 is 1.70 bits per heavy atom. The van der Waals surface area contributed by atoms with E-state index in [9.17, 15) is 0 Å². The molecule has 4 rings (SSSR count). The first-order chi connectivity index (χ1) is 14.2. The zero-order chi connectivity index (χ0) is 20.2. The maximum atomic E-state index is 5.63. The highest BCUT2D eigenvalue weighted by Gasteiger charge is 2.26. The average Bonchev–Trinajstić information content (AvgIpc) is 2.95. The van der Waals surface area contributed by atoms with E-state index >= 15 is 0 Å². The van der Waals surface area contributed by atoms with Crippen LogP contribution in [-0.4, -0.2) is 24.8 Å². The number of nitrogens with zero attached hydrogens (tertiary/aromatic N) is 3. The number of benzene rings is 2. The molecule has 0 saturated carbocycles. The van der Waals surface area contributed by atoms with Crippen molar-refractivity contribution in [2.24, 2.45) is 0 Å². The van der Waals surface area contributed by atoms with E-state index < -0.39 is 0 Å². The second-order valence-corrected chi connectivity index (χ2v) is 7.75. The molecular formula is C25H32BrN3O. The fraction of sp³-hybridized carbons (Fsp3) is 0.400. The summed E-state index contributed by atoms with van der Waals surface area (Å²) in [7, 11) is 2.14. The molecule has 5 heteroatoms. The van der Waals surface area contributed by atoms with Crippen LogP contribution in [-0.2, 0) is 13.0 Å². The van der Waals surface area contributed by atoms with Crippen LogP contribution in [0.15, 0.2) is 54.7 Å². The van der Waals surface area contributed by atoms with Crippen LogP contribution < -0.4 is 31.2 Å². The molecule has 2 heterocycles. The van der Waals surface area contributed by atoms with E-state index in [0.29, 0.717) is 6.61 Å². The zero-order valence-electron chi connectivity index (χ0n) is 18.3. The van der Waals surface area contributed by atoms with Gasteiger partial charge in [0, 0.05) is 31.3 Å². The van der Waals surface area contributed by atoms with Crippen molar-refractivity contribution in [3.63, 3.8) is 0 Å². The third-order valence-electron chi connectivity index (χ3n) is 5.92. The SMILES string of the molecule is CCOc1ccc(-n2cc(-c3ccc(N(C)CC)cc3)[n+]3c2CCCCC3)cc1.[Br-]. The number of ether oxygens (including phenoxy) is 1. The molecule has 0 saturated heterocycles. The normalized spacial score (nSPS) is 13.2. The summed E-state index contributed by atoms with van der Waals surface area (Å²) in [6, 6.07) is 17.5. The Balaban J connectivity index is 0.00000256. The number of hydrogen-bond donors (Lipinski definition) is 0. The number of rotatable bonds is 6.